The molecule has 2 saturated heterocycles. The number of fused-ring (bicyclic) bond motifs is 1. The van der Waals surface area contributed by atoms with Gasteiger partial charge in [-0.2, -0.15) is 0 Å². The third-order valence-electron chi connectivity index (χ3n) is 5.70. The Kier molecular flexibility index (Phi) is 9.82. The van der Waals surface area contributed by atoms with Crippen molar-refractivity contribution in [3.8, 4) is 0 Å². The van der Waals surface area contributed by atoms with Crippen LogP contribution in [0.3, 0.4) is 0 Å². The maximum atomic E-state index is 13.1. The lowest BCUT2D eigenvalue weighted by atomic mass is 9.98. The highest BCUT2D eigenvalue weighted by Crippen LogP contribution is 2.32. The molecule has 1 aromatic carbocycles. The van der Waals surface area contributed by atoms with Crippen LogP contribution in [0.5, 0.6) is 0 Å². The highest BCUT2D eigenvalue weighted by molar-refractivity contribution is 5.91. The fourth-order valence-electron chi connectivity index (χ4n) is 4.12. The number of esters is 2. The first-order valence-electron chi connectivity index (χ1n) is 11.7. The number of carbonyl (C=O) groups excluding carboxylic acids is 3. The average molecular weight is 510 g/mol. The van der Waals surface area contributed by atoms with E-state index >= 15 is 0 Å². The van der Waals surface area contributed by atoms with Gasteiger partial charge in [-0.25, -0.2) is 9.59 Å². The van der Waals surface area contributed by atoms with Crippen LogP contribution in [0.2, 0.25) is 0 Å². The predicted octanol–water partition coefficient (Wildman–Crippen LogP) is 2.11. The van der Waals surface area contributed by atoms with Crippen LogP contribution in [0.15, 0.2) is 24.3 Å². The van der Waals surface area contributed by atoms with E-state index in [2.05, 4.69) is 10.2 Å². The van der Waals surface area contributed by atoms with Crippen molar-refractivity contribution in [1.82, 2.24) is 5.32 Å². The lowest BCUT2D eigenvalue weighted by Gasteiger charge is -2.21. The van der Waals surface area contributed by atoms with Gasteiger partial charge in [0.1, 0.15) is 24.9 Å². The van der Waals surface area contributed by atoms with Crippen molar-refractivity contribution in [2.24, 2.45) is 0 Å². The van der Waals surface area contributed by atoms with Crippen LogP contribution < -0.4 is 5.32 Å². The summed E-state index contributed by atoms with van der Waals surface area (Å²) in [4.78, 5) is 50.9. The average Bonchev–Trinajstić information content (AvgIpc) is 3.42. The quantitative estimate of drug-likeness (QED) is 0.144. The first kappa shape index (κ1) is 27.1. The minimum Gasteiger partial charge on any atom is -0.458 e. The maximum Gasteiger partial charge on any atom is 0.407 e. The minimum atomic E-state index is -0.962. The summed E-state index contributed by atoms with van der Waals surface area (Å²) < 4.78 is 27.8. The number of amides is 1. The number of rotatable bonds is 12. The van der Waals surface area contributed by atoms with Gasteiger partial charge in [0.2, 0.25) is 0 Å². The van der Waals surface area contributed by atoms with E-state index < -0.39 is 53.6 Å². The summed E-state index contributed by atoms with van der Waals surface area (Å²) in [5.41, 5.74) is 0.846. The van der Waals surface area contributed by atoms with E-state index in [0.29, 0.717) is 12.0 Å². The van der Waals surface area contributed by atoms with Gasteiger partial charge in [0, 0.05) is 19.0 Å². The molecule has 2 aliphatic rings. The second kappa shape index (κ2) is 13.0. The van der Waals surface area contributed by atoms with Crippen LogP contribution in [0.4, 0.5) is 4.79 Å². The second-order valence-corrected chi connectivity index (χ2v) is 8.29. The number of carbonyl (C=O) groups is 3. The van der Waals surface area contributed by atoms with Crippen molar-refractivity contribution in [3.63, 3.8) is 0 Å². The summed E-state index contributed by atoms with van der Waals surface area (Å²) in [5.74, 6) is -1.05. The van der Waals surface area contributed by atoms with Gasteiger partial charge in [-0.1, -0.05) is 31.5 Å². The van der Waals surface area contributed by atoms with Gasteiger partial charge < -0.3 is 33.8 Å². The number of ether oxygens (including phenoxy) is 5. The normalized spacial score (nSPS) is 23.3. The molecule has 13 heteroatoms. The highest BCUT2D eigenvalue weighted by atomic mass is 16.9. The molecule has 0 saturated carbocycles. The van der Waals surface area contributed by atoms with Gasteiger partial charge in [-0.05, 0) is 18.9 Å². The molecule has 0 aliphatic carbocycles. The Morgan fingerprint density at radius 1 is 1.14 bits per heavy atom. The fourth-order valence-corrected chi connectivity index (χ4v) is 4.12. The van der Waals surface area contributed by atoms with Gasteiger partial charge in [0.25, 0.3) is 5.09 Å². The van der Waals surface area contributed by atoms with Gasteiger partial charge in [0.15, 0.2) is 12.2 Å². The topological polar surface area (TPSA) is 162 Å². The molecule has 2 aliphatic heterocycles. The molecule has 2 heterocycles. The third-order valence-corrected chi connectivity index (χ3v) is 5.70. The van der Waals surface area contributed by atoms with Crippen LogP contribution >= 0.6 is 0 Å². The standard InChI is InChI=1S/C23H30N2O11/c1-3-4-9-17(34-14(2)26)15-7-5-6-8-16(15)22(27)35-18-12-31-21-19(13-32-20(18)21)36-23(28)24-10-11-33-25(29)30/h5-8,17-21H,3-4,9-13H2,1-2H3,(H,24,28)/t17?,18-,19+,20+,21+/m0/s1. The molecule has 13 nitrogen and oxygen atoms in total. The van der Waals surface area contributed by atoms with Gasteiger partial charge in [0.05, 0.1) is 18.8 Å². The lowest BCUT2D eigenvalue weighted by Crippen LogP contribution is -2.38. The SMILES string of the molecule is CCCCC(OC(C)=O)c1ccccc1C(=O)O[C@H]1CO[C@H]2[C@@H]1OC[C@H]2OC(=O)NCCO[N+](=O)[O-]. The van der Waals surface area contributed by atoms with Crippen LogP contribution in [-0.4, -0.2) is 73.9 Å². The highest BCUT2D eigenvalue weighted by Gasteiger charge is 2.51. The molecule has 1 unspecified atom stereocenters. The van der Waals surface area contributed by atoms with Crippen molar-refractivity contribution in [1.29, 1.82) is 0 Å². The summed E-state index contributed by atoms with van der Waals surface area (Å²) in [5, 5.41) is 11.5. The zero-order chi connectivity index (χ0) is 26.1. The zero-order valence-corrected chi connectivity index (χ0v) is 20.1. The van der Waals surface area contributed by atoms with E-state index in [9.17, 15) is 24.5 Å². The Balaban J connectivity index is 1.58. The Labute approximate surface area is 207 Å². The number of alkyl carbamates (subject to hydrolysis) is 1. The van der Waals surface area contributed by atoms with E-state index in [1.807, 2.05) is 6.92 Å². The van der Waals surface area contributed by atoms with E-state index in [1.54, 1.807) is 24.3 Å². The number of hydrogen-bond acceptors (Lipinski definition) is 11. The first-order chi connectivity index (χ1) is 17.3. The molecular formula is C23H30N2O11. The summed E-state index contributed by atoms with van der Waals surface area (Å²) >= 11 is 0. The molecular weight excluding hydrogens is 480 g/mol. The molecule has 0 bridgehead atoms. The van der Waals surface area contributed by atoms with Crippen LogP contribution in [0, 0.1) is 10.1 Å². The van der Waals surface area contributed by atoms with E-state index in [-0.39, 0.29) is 31.9 Å². The predicted molar refractivity (Wildman–Crippen MR) is 120 cm³/mol. The Morgan fingerprint density at radius 3 is 2.44 bits per heavy atom. The van der Waals surface area contributed by atoms with Crippen molar-refractivity contribution in [3.05, 3.63) is 45.5 Å². The molecule has 1 amide bonds. The van der Waals surface area contributed by atoms with Crippen molar-refractivity contribution in [2.45, 2.75) is 63.6 Å². The summed E-state index contributed by atoms with van der Waals surface area (Å²) in [6, 6.07) is 6.81. The molecule has 0 spiro atoms. The molecule has 36 heavy (non-hydrogen) atoms. The van der Waals surface area contributed by atoms with Crippen molar-refractivity contribution in [2.75, 3.05) is 26.4 Å². The molecule has 5 atom stereocenters. The Bertz CT molecular complexity index is 940. The molecule has 198 valence electrons. The monoisotopic (exact) mass is 510 g/mol. The van der Waals surface area contributed by atoms with E-state index in [4.69, 9.17) is 23.7 Å². The number of nitrogens with one attached hydrogen (secondary N) is 1. The summed E-state index contributed by atoms with van der Waals surface area (Å²) in [6.07, 6.45) is -1.86. The van der Waals surface area contributed by atoms with Crippen molar-refractivity contribution >= 4 is 18.0 Å². The molecule has 0 aromatic heterocycles. The van der Waals surface area contributed by atoms with Crippen LogP contribution in [0.25, 0.3) is 0 Å². The molecule has 1 aromatic rings. The van der Waals surface area contributed by atoms with E-state index in [1.165, 1.54) is 6.92 Å². The second-order valence-electron chi connectivity index (χ2n) is 8.29. The van der Waals surface area contributed by atoms with Crippen LogP contribution in [-0.2, 0) is 33.3 Å². The Morgan fingerprint density at radius 2 is 1.81 bits per heavy atom. The zero-order valence-electron chi connectivity index (χ0n) is 20.1. The van der Waals surface area contributed by atoms with Gasteiger partial charge >= 0.3 is 18.0 Å². The smallest absolute Gasteiger partial charge is 0.407 e. The van der Waals surface area contributed by atoms with Gasteiger partial charge in [-0.3, -0.25) is 4.79 Å². The third kappa shape index (κ3) is 7.28. The minimum absolute atomic E-state index is 0.0321. The molecule has 1 N–H and O–H groups in total. The van der Waals surface area contributed by atoms with E-state index in [0.717, 1.165) is 12.8 Å². The lowest BCUT2D eigenvalue weighted by molar-refractivity contribution is -0.757. The summed E-state index contributed by atoms with van der Waals surface area (Å²) in [6.45, 7) is 2.99. The largest absolute Gasteiger partial charge is 0.458 e. The number of unbranched alkanes of at least 4 members (excludes halogenated alkanes) is 1. The first-order valence-corrected chi connectivity index (χ1v) is 11.7. The van der Waals surface area contributed by atoms with Crippen molar-refractivity contribution < 1.29 is 48.0 Å². The molecule has 0 radical (unpaired) electrons. The summed E-state index contributed by atoms with van der Waals surface area (Å²) in [7, 11) is 0. The number of nitrogens with zero attached hydrogens (tertiary/aromatic N) is 1. The number of hydrogen-bond donors (Lipinski definition) is 1. The molecule has 3 rings (SSSR count). The maximum absolute atomic E-state index is 13.1. The van der Waals surface area contributed by atoms with Crippen LogP contribution in [0.1, 0.15) is 55.1 Å². The Hall–Kier alpha value is -3.45. The number of benzene rings is 1. The van der Waals surface area contributed by atoms with Gasteiger partial charge in [-0.15, -0.1) is 10.1 Å². The molecule has 2 fully saturated rings. The fraction of sp³-hybridized carbons (Fsp3) is 0.609.